The van der Waals surface area contributed by atoms with Crippen molar-refractivity contribution >= 4 is 11.4 Å². The van der Waals surface area contributed by atoms with Crippen molar-refractivity contribution in [3.8, 4) is 5.75 Å². The predicted octanol–water partition coefficient (Wildman–Crippen LogP) is 2.81. The summed E-state index contributed by atoms with van der Waals surface area (Å²) in [7, 11) is 4.16. The van der Waals surface area contributed by atoms with Crippen molar-refractivity contribution in [2.24, 2.45) is 0 Å². The Balaban J connectivity index is 2.76. The summed E-state index contributed by atoms with van der Waals surface area (Å²) in [5.74, 6) is 0.806. The first-order valence-electron chi connectivity index (χ1n) is 6.69. The van der Waals surface area contributed by atoms with Gasteiger partial charge in [-0.1, -0.05) is 0 Å². The third-order valence-corrected chi connectivity index (χ3v) is 3.24. The molecule has 0 radical (unpaired) electrons. The average Bonchev–Trinajstić information content (AvgIpc) is 2.24. The van der Waals surface area contributed by atoms with Crippen LogP contribution in [0.4, 0.5) is 11.4 Å². The topological polar surface area (TPSA) is 50.5 Å². The molecule has 3 N–H and O–H groups in total. The molecule has 0 atom stereocenters. The fourth-order valence-electron chi connectivity index (χ4n) is 1.54. The van der Waals surface area contributed by atoms with Crippen molar-refractivity contribution in [3.05, 3.63) is 18.2 Å². The molecule has 1 aromatic rings. The zero-order chi connectivity index (χ0) is 14.6. The minimum absolute atomic E-state index is 0.0731. The van der Waals surface area contributed by atoms with E-state index in [1.54, 1.807) is 0 Å². The van der Waals surface area contributed by atoms with Crippen LogP contribution in [0.1, 0.15) is 27.7 Å². The maximum Gasteiger partial charge on any atom is 0.123 e. The molecule has 0 fully saturated rings. The van der Waals surface area contributed by atoms with E-state index >= 15 is 0 Å². The number of likely N-dealkylation sites (N-methyl/N-ethyl adjacent to an activating group) is 1. The van der Waals surface area contributed by atoms with Gasteiger partial charge in [0, 0.05) is 35.6 Å². The number of nitrogen functional groups attached to an aromatic ring is 1. The number of hydrogen-bond donors (Lipinski definition) is 2. The summed E-state index contributed by atoms with van der Waals surface area (Å²) in [6, 6.07) is 5.77. The second kappa shape index (κ2) is 6.15. The van der Waals surface area contributed by atoms with E-state index < -0.39 is 0 Å². The number of ether oxygens (including phenoxy) is 1. The molecule has 0 aliphatic carbocycles. The maximum atomic E-state index is 5.90. The van der Waals surface area contributed by atoms with Crippen molar-refractivity contribution in [3.63, 3.8) is 0 Å². The van der Waals surface area contributed by atoms with Crippen molar-refractivity contribution in [1.82, 2.24) is 4.90 Å². The number of nitrogens with zero attached hydrogens (tertiary/aromatic N) is 1. The van der Waals surface area contributed by atoms with E-state index in [1.807, 2.05) is 32.0 Å². The van der Waals surface area contributed by atoms with Gasteiger partial charge in [0.05, 0.1) is 6.10 Å². The van der Waals surface area contributed by atoms with E-state index in [0.717, 1.165) is 18.0 Å². The maximum absolute atomic E-state index is 5.90. The van der Waals surface area contributed by atoms with Crippen molar-refractivity contribution in [1.29, 1.82) is 0 Å². The first-order valence-corrected chi connectivity index (χ1v) is 6.69. The van der Waals surface area contributed by atoms with Gasteiger partial charge in [-0.25, -0.2) is 0 Å². The van der Waals surface area contributed by atoms with Gasteiger partial charge in [0.1, 0.15) is 5.75 Å². The minimum atomic E-state index is 0.0731. The SMILES string of the molecule is CC(C)Oc1cc(N)cc(NCC(C)(C)N(C)C)c1. The highest BCUT2D eigenvalue weighted by Gasteiger charge is 2.19. The Hall–Kier alpha value is -1.42. The number of nitrogens with one attached hydrogen (secondary N) is 1. The van der Waals surface area contributed by atoms with Crippen LogP contribution in [0, 0.1) is 0 Å². The monoisotopic (exact) mass is 265 g/mol. The lowest BCUT2D eigenvalue weighted by Gasteiger charge is -2.33. The second-order valence-corrected chi connectivity index (χ2v) is 6.02. The van der Waals surface area contributed by atoms with Crippen LogP contribution in [-0.2, 0) is 0 Å². The van der Waals surface area contributed by atoms with Gasteiger partial charge in [-0.15, -0.1) is 0 Å². The van der Waals surface area contributed by atoms with Crippen molar-refractivity contribution < 1.29 is 4.74 Å². The molecule has 0 amide bonds. The summed E-state index contributed by atoms with van der Waals surface area (Å²) in [6.07, 6.45) is 0.146. The molecule has 0 aliphatic rings. The van der Waals surface area contributed by atoms with Gasteiger partial charge >= 0.3 is 0 Å². The summed E-state index contributed by atoms with van der Waals surface area (Å²) in [5, 5.41) is 3.42. The molecule has 0 spiro atoms. The van der Waals surface area contributed by atoms with Crippen LogP contribution in [-0.4, -0.2) is 37.2 Å². The lowest BCUT2D eigenvalue weighted by atomic mass is 10.0. The van der Waals surface area contributed by atoms with E-state index in [9.17, 15) is 0 Å². The first-order chi connectivity index (χ1) is 8.70. The molecule has 0 unspecified atom stereocenters. The molecule has 0 saturated heterocycles. The summed E-state index contributed by atoms with van der Waals surface area (Å²) in [5.41, 5.74) is 7.68. The van der Waals surface area contributed by atoms with Gasteiger partial charge in [0.15, 0.2) is 0 Å². The van der Waals surface area contributed by atoms with Crippen LogP contribution in [0.2, 0.25) is 0 Å². The number of anilines is 2. The molecule has 19 heavy (non-hydrogen) atoms. The predicted molar refractivity (Wildman–Crippen MR) is 82.9 cm³/mol. The molecule has 0 bridgehead atoms. The number of nitrogens with two attached hydrogens (primary N) is 1. The van der Waals surface area contributed by atoms with Gasteiger partial charge in [-0.2, -0.15) is 0 Å². The first kappa shape index (κ1) is 15.6. The number of hydrogen-bond acceptors (Lipinski definition) is 4. The van der Waals surface area contributed by atoms with Gasteiger partial charge in [-0.05, 0) is 47.9 Å². The van der Waals surface area contributed by atoms with Crippen LogP contribution in [0.3, 0.4) is 0 Å². The largest absolute Gasteiger partial charge is 0.491 e. The molecule has 1 aromatic carbocycles. The Morgan fingerprint density at radius 1 is 1.26 bits per heavy atom. The lowest BCUT2D eigenvalue weighted by Crippen LogP contribution is -2.44. The highest BCUT2D eigenvalue weighted by Crippen LogP contribution is 2.24. The quantitative estimate of drug-likeness (QED) is 0.777. The van der Waals surface area contributed by atoms with Crippen molar-refractivity contribution in [2.45, 2.75) is 39.3 Å². The third kappa shape index (κ3) is 4.99. The van der Waals surface area contributed by atoms with Crippen LogP contribution in [0.25, 0.3) is 0 Å². The van der Waals surface area contributed by atoms with E-state index in [1.165, 1.54) is 0 Å². The highest BCUT2D eigenvalue weighted by molar-refractivity contribution is 5.59. The fraction of sp³-hybridized carbons (Fsp3) is 0.600. The Labute approximate surface area is 116 Å². The zero-order valence-electron chi connectivity index (χ0n) is 12.9. The molecular formula is C15H27N3O. The van der Waals surface area contributed by atoms with Crippen molar-refractivity contribution in [2.75, 3.05) is 31.7 Å². The van der Waals surface area contributed by atoms with Gasteiger partial charge in [0.25, 0.3) is 0 Å². The smallest absolute Gasteiger partial charge is 0.123 e. The Kier molecular flexibility index (Phi) is 5.06. The zero-order valence-corrected chi connectivity index (χ0v) is 12.9. The molecule has 0 heterocycles. The third-order valence-electron chi connectivity index (χ3n) is 3.24. The Morgan fingerprint density at radius 2 is 1.89 bits per heavy atom. The van der Waals surface area contributed by atoms with E-state index in [0.29, 0.717) is 5.69 Å². The van der Waals surface area contributed by atoms with E-state index in [-0.39, 0.29) is 11.6 Å². The van der Waals surface area contributed by atoms with Crippen LogP contribution >= 0.6 is 0 Å². The minimum Gasteiger partial charge on any atom is -0.491 e. The Bertz CT molecular complexity index is 414. The molecule has 0 aromatic heterocycles. The van der Waals surface area contributed by atoms with E-state index in [4.69, 9.17) is 10.5 Å². The lowest BCUT2D eigenvalue weighted by molar-refractivity contribution is 0.210. The number of rotatable bonds is 6. The molecule has 0 aliphatic heterocycles. The summed E-state index contributed by atoms with van der Waals surface area (Å²) < 4.78 is 5.68. The molecule has 4 nitrogen and oxygen atoms in total. The summed E-state index contributed by atoms with van der Waals surface area (Å²) >= 11 is 0. The number of benzene rings is 1. The van der Waals surface area contributed by atoms with Crippen LogP contribution < -0.4 is 15.8 Å². The highest BCUT2D eigenvalue weighted by atomic mass is 16.5. The van der Waals surface area contributed by atoms with Gasteiger partial charge in [0.2, 0.25) is 0 Å². The fourth-order valence-corrected chi connectivity index (χ4v) is 1.54. The molecule has 0 saturated carbocycles. The van der Waals surface area contributed by atoms with Crippen LogP contribution in [0.15, 0.2) is 18.2 Å². The van der Waals surface area contributed by atoms with Gasteiger partial charge in [-0.3, -0.25) is 0 Å². The summed E-state index contributed by atoms with van der Waals surface area (Å²) in [6.45, 7) is 9.23. The normalized spacial score (nSPS) is 12.0. The average molecular weight is 265 g/mol. The molecule has 1 rings (SSSR count). The van der Waals surface area contributed by atoms with Gasteiger partial charge < -0.3 is 20.7 Å². The van der Waals surface area contributed by atoms with Crippen LogP contribution in [0.5, 0.6) is 5.75 Å². The van der Waals surface area contributed by atoms with E-state index in [2.05, 4.69) is 38.2 Å². The second-order valence-electron chi connectivity index (χ2n) is 6.02. The Morgan fingerprint density at radius 3 is 2.42 bits per heavy atom. The molecule has 108 valence electrons. The molecule has 4 heteroatoms. The molecular weight excluding hydrogens is 238 g/mol. The standard InChI is InChI=1S/C15H27N3O/c1-11(2)19-14-8-12(16)7-13(9-14)17-10-15(3,4)18(5)6/h7-9,11,17H,10,16H2,1-6H3. The summed E-state index contributed by atoms with van der Waals surface area (Å²) in [4.78, 5) is 2.19.